The molecule has 2 unspecified atom stereocenters. The third kappa shape index (κ3) is 13.0. The Balaban J connectivity index is 0.000000535. The molecule has 1 heteroatoms. The average molecular weight is 456 g/mol. The van der Waals surface area contributed by atoms with Gasteiger partial charge in [0.25, 0.3) is 0 Å². The smallest absolute Gasteiger partial charge is 0.342 e. The van der Waals surface area contributed by atoms with Gasteiger partial charge in [-0.15, -0.1) is 0 Å². The standard InChI is InChI=1S/C17H30.2C5H5.Zr/c1-5-8-10-16-12-14(4)15(7-3)13-17(16)11-9-6-2;2*1-2-4-5-3-1;/h7,14-15H,4-6,8-13H2,1-3H3;2*1-5H;/q-2;;;+4. The van der Waals surface area contributed by atoms with Gasteiger partial charge in [0, 0.05) is 0 Å². The number of allylic oxidation sites excluding steroid dienone is 2. The molecule has 0 nitrogen and oxygen atoms in total. The molecule has 150 valence electrons. The second-order valence-corrected chi connectivity index (χ2v) is 7.50. The van der Waals surface area contributed by atoms with Crippen molar-refractivity contribution >= 4 is 0 Å². The predicted octanol–water partition coefficient (Wildman–Crippen LogP) is 7.79. The first kappa shape index (κ1) is 28.6. The Morgan fingerprint density at radius 1 is 0.750 bits per heavy atom. The molecule has 0 saturated heterocycles. The van der Waals surface area contributed by atoms with Crippen LogP contribution in [0.15, 0.2) is 11.1 Å². The van der Waals surface area contributed by atoms with Gasteiger partial charge in [-0.2, -0.15) is 18.8 Å². The van der Waals surface area contributed by atoms with Crippen LogP contribution >= 0.6 is 0 Å². The molecule has 0 N–H and O–H groups in total. The van der Waals surface area contributed by atoms with Gasteiger partial charge in [-0.1, -0.05) is 50.7 Å². The molecule has 0 aliphatic heterocycles. The van der Waals surface area contributed by atoms with Gasteiger partial charge in [-0.25, -0.2) is 0 Å². The second-order valence-electron chi connectivity index (χ2n) is 7.50. The second kappa shape index (κ2) is 19.6. The van der Waals surface area contributed by atoms with Crippen LogP contribution in [0.2, 0.25) is 0 Å². The molecule has 28 heavy (non-hydrogen) atoms. The Morgan fingerprint density at radius 2 is 1.11 bits per heavy atom. The minimum atomic E-state index is 0. The van der Waals surface area contributed by atoms with Gasteiger partial charge in [0.2, 0.25) is 0 Å². The van der Waals surface area contributed by atoms with E-state index >= 15 is 0 Å². The molecule has 0 aromatic carbocycles. The zero-order valence-electron chi connectivity index (χ0n) is 18.4. The third-order valence-electron chi connectivity index (χ3n) is 5.30. The van der Waals surface area contributed by atoms with E-state index in [1.807, 2.05) is 64.2 Å². The fraction of sp³-hybridized carbons (Fsp3) is 0.481. The fourth-order valence-corrected chi connectivity index (χ4v) is 3.58. The van der Waals surface area contributed by atoms with Gasteiger partial charge < -0.3 is 13.3 Å². The molecule has 0 aromatic rings. The summed E-state index contributed by atoms with van der Waals surface area (Å²) in [5.41, 5.74) is 3.54. The molecule has 3 aliphatic rings. The molecule has 0 spiro atoms. The molecule has 2 saturated carbocycles. The minimum Gasteiger partial charge on any atom is -0.342 e. The maximum absolute atomic E-state index is 4.36. The summed E-state index contributed by atoms with van der Waals surface area (Å²) in [5.74, 6) is 1.35. The van der Waals surface area contributed by atoms with E-state index in [-0.39, 0.29) is 26.2 Å². The normalized spacial score (nSPS) is 24.0. The van der Waals surface area contributed by atoms with Crippen molar-refractivity contribution in [2.45, 2.75) is 72.1 Å². The Kier molecular flexibility index (Phi) is 20.0. The summed E-state index contributed by atoms with van der Waals surface area (Å²) in [6.45, 7) is 11.1. The number of hydrogen-bond acceptors (Lipinski definition) is 0. The van der Waals surface area contributed by atoms with Gasteiger partial charge in [0.15, 0.2) is 0 Å². The van der Waals surface area contributed by atoms with Crippen LogP contribution < -0.4 is 0 Å². The van der Waals surface area contributed by atoms with Gasteiger partial charge in [0.1, 0.15) is 0 Å². The van der Waals surface area contributed by atoms with E-state index in [1.54, 1.807) is 11.1 Å². The molecule has 0 heterocycles. The van der Waals surface area contributed by atoms with Gasteiger partial charge in [0.05, 0.1) is 0 Å². The summed E-state index contributed by atoms with van der Waals surface area (Å²) in [6, 6.07) is 0. The van der Waals surface area contributed by atoms with E-state index in [2.05, 4.69) is 34.1 Å². The minimum absolute atomic E-state index is 0. The summed E-state index contributed by atoms with van der Waals surface area (Å²) < 4.78 is 0. The summed E-state index contributed by atoms with van der Waals surface area (Å²) in [4.78, 5) is 0. The summed E-state index contributed by atoms with van der Waals surface area (Å²) in [5, 5.41) is 0. The van der Waals surface area contributed by atoms with Crippen molar-refractivity contribution in [3.8, 4) is 0 Å². The van der Waals surface area contributed by atoms with E-state index < -0.39 is 0 Å². The molecule has 0 amide bonds. The Bertz CT molecular complexity index is 337. The molecule has 0 bridgehead atoms. The zero-order chi connectivity index (χ0) is 19.7. The van der Waals surface area contributed by atoms with Crippen molar-refractivity contribution in [2.75, 3.05) is 0 Å². The number of rotatable bonds is 7. The molecule has 0 aromatic heterocycles. The van der Waals surface area contributed by atoms with Crippen LogP contribution in [0.3, 0.4) is 0 Å². The first-order valence-corrected chi connectivity index (χ1v) is 10.9. The van der Waals surface area contributed by atoms with Crippen molar-refractivity contribution in [3.05, 3.63) is 88.7 Å². The van der Waals surface area contributed by atoms with Crippen LogP contribution in [0.5, 0.6) is 0 Å². The molecular weight excluding hydrogens is 416 g/mol. The fourth-order valence-electron chi connectivity index (χ4n) is 3.58. The molecule has 10 radical (unpaired) electrons. The van der Waals surface area contributed by atoms with Crippen LogP contribution in [-0.2, 0) is 26.2 Å². The number of unbranched alkanes of at least 4 members (excludes halogenated alkanes) is 2. The quantitative estimate of drug-likeness (QED) is 0.271. The maximum atomic E-state index is 4.36. The summed E-state index contributed by atoms with van der Waals surface area (Å²) >= 11 is 0. The van der Waals surface area contributed by atoms with E-state index in [0.717, 1.165) is 5.92 Å². The Morgan fingerprint density at radius 3 is 1.43 bits per heavy atom. The summed E-state index contributed by atoms with van der Waals surface area (Å²) in [6.07, 6.45) is 33.0. The predicted molar refractivity (Wildman–Crippen MR) is 121 cm³/mol. The molecule has 2 atom stereocenters. The van der Waals surface area contributed by atoms with Crippen LogP contribution in [0.4, 0.5) is 0 Å². The van der Waals surface area contributed by atoms with Crippen molar-refractivity contribution in [1.29, 1.82) is 0 Å². The van der Waals surface area contributed by atoms with Crippen LogP contribution in [0.25, 0.3) is 0 Å². The largest absolute Gasteiger partial charge is 4.00 e. The molecule has 2 fully saturated rings. The van der Waals surface area contributed by atoms with Crippen LogP contribution in [0.1, 0.15) is 72.1 Å². The monoisotopic (exact) mass is 454 g/mol. The van der Waals surface area contributed by atoms with E-state index in [0.29, 0.717) is 5.92 Å². The van der Waals surface area contributed by atoms with Crippen molar-refractivity contribution in [1.82, 2.24) is 0 Å². The third-order valence-corrected chi connectivity index (χ3v) is 5.30. The Hall–Kier alpha value is 0.623. The first-order valence-electron chi connectivity index (χ1n) is 10.9. The molecule has 3 rings (SSSR count). The van der Waals surface area contributed by atoms with Crippen LogP contribution in [-0.4, -0.2) is 0 Å². The summed E-state index contributed by atoms with van der Waals surface area (Å²) in [7, 11) is 0. The first-order chi connectivity index (χ1) is 13.2. The van der Waals surface area contributed by atoms with E-state index in [4.69, 9.17) is 0 Å². The Labute approximate surface area is 198 Å². The SMILES string of the molecule is [CH2-]C1CC(CCCC)=C(CCCC)CC1[CH-]C.[CH]1[CH][CH][CH][CH]1.[CH]1[CH][CH][CH][CH]1.[Zr+4]. The van der Waals surface area contributed by atoms with Crippen molar-refractivity contribution < 1.29 is 26.2 Å². The topological polar surface area (TPSA) is 0 Å². The van der Waals surface area contributed by atoms with E-state index in [1.165, 1.54) is 51.4 Å². The van der Waals surface area contributed by atoms with Crippen molar-refractivity contribution in [3.63, 3.8) is 0 Å². The van der Waals surface area contributed by atoms with E-state index in [9.17, 15) is 0 Å². The molecule has 3 aliphatic carbocycles. The van der Waals surface area contributed by atoms with Crippen molar-refractivity contribution in [2.24, 2.45) is 11.8 Å². The van der Waals surface area contributed by atoms with Gasteiger partial charge >= 0.3 is 26.2 Å². The average Bonchev–Trinajstić information content (AvgIpc) is 3.44. The molecular formula is C27H40Zr+2. The number of hydrogen-bond donors (Lipinski definition) is 0. The maximum Gasteiger partial charge on any atom is 4.00 e. The van der Waals surface area contributed by atoms with Gasteiger partial charge in [-0.05, 0) is 89.9 Å². The zero-order valence-corrected chi connectivity index (χ0v) is 20.8. The van der Waals surface area contributed by atoms with Crippen LogP contribution in [0, 0.1) is 89.4 Å². The van der Waals surface area contributed by atoms with Gasteiger partial charge in [-0.3, -0.25) is 0 Å².